The maximum Gasteiger partial charge on any atom is 0.220 e. The fraction of sp³-hybridized carbons (Fsp3) is 0.667. The van der Waals surface area contributed by atoms with Crippen LogP contribution in [0.1, 0.15) is 49.3 Å². The first kappa shape index (κ1) is 18.8. The van der Waals surface area contributed by atoms with E-state index in [4.69, 9.17) is 0 Å². The zero-order chi connectivity index (χ0) is 17.4. The van der Waals surface area contributed by atoms with Crippen molar-refractivity contribution in [2.24, 2.45) is 4.99 Å². The third-order valence-corrected chi connectivity index (χ3v) is 4.83. The number of aliphatic imine (C=N–C) groups is 1. The molecule has 0 aromatic carbocycles. The summed E-state index contributed by atoms with van der Waals surface area (Å²) < 4.78 is 0. The average Bonchev–Trinajstić information content (AvgIpc) is 3.24. The molecule has 1 aliphatic carbocycles. The summed E-state index contributed by atoms with van der Waals surface area (Å²) in [5.41, 5.74) is 0. The van der Waals surface area contributed by atoms with Gasteiger partial charge in [-0.05, 0) is 52.2 Å². The van der Waals surface area contributed by atoms with E-state index in [-0.39, 0.29) is 5.91 Å². The van der Waals surface area contributed by atoms with Gasteiger partial charge in [-0.25, -0.2) is 0 Å². The summed E-state index contributed by atoms with van der Waals surface area (Å²) in [6.07, 6.45) is 4.61. The number of nitrogens with zero attached hydrogens (tertiary/aromatic N) is 1. The lowest BCUT2D eigenvalue weighted by atomic mass is 10.2. The number of nitrogens with one attached hydrogen (secondary N) is 3. The fourth-order valence-electron chi connectivity index (χ4n) is 2.46. The minimum Gasteiger partial charge on any atom is -0.357 e. The van der Waals surface area contributed by atoms with Crippen molar-refractivity contribution in [3.63, 3.8) is 0 Å². The van der Waals surface area contributed by atoms with Crippen LogP contribution in [0.25, 0.3) is 0 Å². The van der Waals surface area contributed by atoms with Crippen molar-refractivity contribution in [2.75, 3.05) is 13.1 Å². The molecule has 0 saturated heterocycles. The van der Waals surface area contributed by atoms with E-state index >= 15 is 0 Å². The van der Waals surface area contributed by atoms with Crippen LogP contribution < -0.4 is 16.0 Å². The van der Waals surface area contributed by atoms with Crippen LogP contribution in [0.5, 0.6) is 0 Å². The van der Waals surface area contributed by atoms with E-state index in [9.17, 15) is 4.79 Å². The Hall–Kier alpha value is -1.56. The van der Waals surface area contributed by atoms with E-state index < -0.39 is 0 Å². The van der Waals surface area contributed by atoms with Crippen LogP contribution in [0.3, 0.4) is 0 Å². The van der Waals surface area contributed by atoms with Crippen molar-refractivity contribution in [1.29, 1.82) is 0 Å². The molecule has 1 unspecified atom stereocenters. The van der Waals surface area contributed by atoms with Crippen molar-refractivity contribution >= 4 is 23.2 Å². The average molecular weight is 351 g/mol. The smallest absolute Gasteiger partial charge is 0.220 e. The van der Waals surface area contributed by atoms with Crippen molar-refractivity contribution in [1.82, 2.24) is 16.0 Å². The SMILES string of the molecule is CCNC(=NCCCC(=O)NC1CC1)NC(C)Cc1ccc(C)s1. The molecule has 1 aliphatic rings. The minimum atomic E-state index is 0.159. The second-order valence-electron chi connectivity index (χ2n) is 6.47. The zero-order valence-electron chi connectivity index (χ0n) is 15.0. The number of aryl methyl sites for hydroxylation is 1. The van der Waals surface area contributed by atoms with Crippen LogP contribution in [0.2, 0.25) is 0 Å². The molecule has 3 N–H and O–H groups in total. The van der Waals surface area contributed by atoms with Crippen LogP contribution in [0.15, 0.2) is 17.1 Å². The first-order chi connectivity index (χ1) is 11.6. The second kappa shape index (κ2) is 9.67. The quantitative estimate of drug-likeness (QED) is 0.364. The molecular formula is C18H30N4OS. The van der Waals surface area contributed by atoms with Gasteiger partial charge in [-0.2, -0.15) is 0 Å². The van der Waals surface area contributed by atoms with Crippen LogP contribution in [0, 0.1) is 6.92 Å². The van der Waals surface area contributed by atoms with E-state index in [1.165, 1.54) is 9.75 Å². The number of hydrogen-bond acceptors (Lipinski definition) is 3. The maximum absolute atomic E-state index is 11.7. The lowest BCUT2D eigenvalue weighted by Gasteiger charge is -2.17. The molecule has 24 heavy (non-hydrogen) atoms. The first-order valence-electron chi connectivity index (χ1n) is 8.96. The van der Waals surface area contributed by atoms with Crippen LogP contribution >= 0.6 is 11.3 Å². The highest BCUT2D eigenvalue weighted by Gasteiger charge is 2.22. The number of hydrogen-bond donors (Lipinski definition) is 3. The van der Waals surface area contributed by atoms with Gasteiger partial charge in [-0.3, -0.25) is 9.79 Å². The Morgan fingerprint density at radius 1 is 1.42 bits per heavy atom. The molecule has 1 fully saturated rings. The third kappa shape index (κ3) is 7.34. The summed E-state index contributed by atoms with van der Waals surface area (Å²) in [6, 6.07) is 5.13. The number of amides is 1. The summed E-state index contributed by atoms with van der Waals surface area (Å²) in [4.78, 5) is 19.0. The molecule has 1 aromatic heterocycles. The second-order valence-corrected chi connectivity index (χ2v) is 7.84. The predicted octanol–water partition coefficient (Wildman–Crippen LogP) is 2.60. The van der Waals surface area contributed by atoms with Crippen molar-refractivity contribution in [2.45, 2.75) is 65.0 Å². The summed E-state index contributed by atoms with van der Waals surface area (Å²) >= 11 is 1.85. The van der Waals surface area contributed by atoms with Gasteiger partial charge < -0.3 is 16.0 Å². The maximum atomic E-state index is 11.7. The van der Waals surface area contributed by atoms with Gasteiger partial charge in [0.15, 0.2) is 5.96 Å². The van der Waals surface area contributed by atoms with Crippen molar-refractivity contribution in [3.05, 3.63) is 21.9 Å². The summed E-state index contributed by atoms with van der Waals surface area (Å²) in [5.74, 6) is 0.993. The summed E-state index contributed by atoms with van der Waals surface area (Å²) in [6.45, 7) is 7.87. The molecule has 1 aromatic rings. The number of carbonyl (C=O) groups is 1. The minimum absolute atomic E-state index is 0.159. The van der Waals surface area contributed by atoms with E-state index in [0.717, 1.165) is 38.2 Å². The molecule has 0 aliphatic heterocycles. The number of carbonyl (C=O) groups excluding carboxylic acids is 1. The van der Waals surface area contributed by atoms with Gasteiger partial charge in [0.05, 0.1) is 0 Å². The van der Waals surface area contributed by atoms with Crippen LogP contribution in [-0.4, -0.2) is 37.0 Å². The Balaban J connectivity index is 1.71. The largest absolute Gasteiger partial charge is 0.357 e. The molecular weight excluding hydrogens is 320 g/mol. The molecule has 2 rings (SSSR count). The monoisotopic (exact) mass is 350 g/mol. The van der Waals surface area contributed by atoms with Crippen LogP contribution in [-0.2, 0) is 11.2 Å². The number of thiophene rings is 1. The molecule has 0 spiro atoms. The molecule has 1 amide bonds. The van der Waals surface area contributed by atoms with E-state index in [0.29, 0.717) is 25.0 Å². The van der Waals surface area contributed by atoms with Crippen LogP contribution in [0.4, 0.5) is 0 Å². The Kier molecular flexibility index (Phi) is 7.56. The number of guanidine groups is 1. The summed E-state index contributed by atoms with van der Waals surface area (Å²) in [7, 11) is 0. The number of rotatable bonds is 9. The highest BCUT2D eigenvalue weighted by atomic mass is 32.1. The standard InChI is InChI=1S/C18H30N4OS/c1-4-19-18(20-11-5-6-17(23)22-15-8-9-15)21-13(2)12-16-10-7-14(3)24-16/h7,10,13,15H,4-6,8-9,11-12H2,1-3H3,(H,22,23)(H2,19,20,21). The van der Waals surface area contributed by atoms with E-state index in [1.54, 1.807) is 0 Å². The van der Waals surface area contributed by atoms with Crippen molar-refractivity contribution in [3.8, 4) is 0 Å². The summed E-state index contributed by atoms with van der Waals surface area (Å²) in [5, 5.41) is 9.74. The molecule has 1 heterocycles. The molecule has 0 bridgehead atoms. The Labute approximate surface area is 149 Å². The van der Waals surface area contributed by atoms with Gasteiger partial charge in [0, 0.05) is 47.8 Å². The highest BCUT2D eigenvalue weighted by molar-refractivity contribution is 7.11. The molecule has 6 heteroatoms. The highest BCUT2D eigenvalue weighted by Crippen LogP contribution is 2.18. The Morgan fingerprint density at radius 3 is 2.83 bits per heavy atom. The topological polar surface area (TPSA) is 65.5 Å². The lowest BCUT2D eigenvalue weighted by Crippen LogP contribution is -2.43. The molecule has 134 valence electrons. The molecule has 0 radical (unpaired) electrons. The van der Waals surface area contributed by atoms with Gasteiger partial charge in [-0.1, -0.05) is 0 Å². The third-order valence-electron chi connectivity index (χ3n) is 3.81. The van der Waals surface area contributed by atoms with Gasteiger partial charge in [0.2, 0.25) is 5.91 Å². The molecule has 5 nitrogen and oxygen atoms in total. The Morgan fingerprint density at radius 2 is 2.21 bits per heavy atom. The molecule has 1 atom stereocenters. The van der Waals surface area contributed by atoms with Gasteiger partial charge in [-0.15, -0.1) is 11.3 Å². The van der Waals surface area contributed by atoms with Crippen molar-refractivity contribution < 1.29 is 4.79 Å². The molecule has 1 saturated carbocycles. The fourth-order valence-corrected chi connectivity index (χ4v) is 3.48. The zero-order valence-corrected chi connectivity index (χ0v) is 15.8. The normalized spacial score (nSPS) is 15.9. The lowest BCUT2D eigenvalue weighted by molar-refractivity contribution is -0.121. The van der Waals surface area contributed by atoms with E-state index in [2.05, 4.69) is 53.8 Å². The Bertz CT molecular complexity index is 551. The van der Waals surface area contributed by atoms with Gasteiger partial charge >= 0.3 is 0 Å². The van der Waals surface area contributed by atoms with Gasteiger partial charge in [0.1, 0.15) is 0 Å². The van der Waals surface area contributed by atoms with E-state index in [1.807, 2.05) is 11.3 Å². The predicted molar refractivity (Wildman–Crippen MR) is 102 cm³/mol. The van der Waals surface area contributed by atoms with Gasteiger partial charge in [0.25, 0.3) is 0 Å². The first-order valence-corrected chi connectivity index (χ1v) is 9.78.